The maximum Gasteiger partial charge on any atom is 0.297 e. The summed E-state index contributed by atoms with van der Waals surface area (Å²) in [6.45, 7) is 0. The molecular formula is C6H8BrClN4O4S. The maximum absolute atomic E-state index is 11.0. The second kappa shape index (κ2) is 4.84. The van der Waals surface area contributed by atoms with Crippen LogP contribution < -0.4 is 9.44 Å². The quantitative estimate of drug-likeness (QED) is 0.317. The summed E-state index contributed by atoms with van der Waals surface area (Å²) in [5.41, 5.74) is 0. The lowest BCUT2D eigenvalue weighted by atomic mass is 9.84. The minimum atomic E-state index is -1.41. The van der Waals surface area contributed by atoms with Crippen molar-refractivity contribution < 1.29 is 9.85 Å². The molecule has 6 unspecified atom stereocenters. The molecule has 11 heteroatoms. The Labute approximate surface area is 114 Å². The number of fused-ring (bicyclic) bond motifs is 1. The topological polar surface area (TPSA) is 110 Å². The molecule has 0 aromatic heterocycles. The molecule has 2 N–H and O–H groups in total. The van der Waals surface area contributed by atoms with Crippen LogP contribution in [0.5, 0.6) is 0 Å². The second-order valence-corrected chi connectivity index (χ2v) is 6.07. The number of nitrogens with zero attached hydrogens (tertiary/aromatic N) is 2. The van der Waals surface area contributed by atoms with Crippen molar-refractivity contribution in [3.63, 3.8) is 0 Å². The van der Waals surface area contributed by atoms with E-state index in [9.17, 15) is 20.2 Å². The Bertz CT molecular complexity index is 331. The molecule has 1 saturated heterocycles. The summed E-state index contributed by atoms with van der Waals surface area (Å²) in [6.07, 6.45) is 0. The Balaban J connectivity index is 2.35. The monoisotopic (exact) mass is 346 g/mol. The summed E-state index contributed by atoms with van der Waals surface area (Å²) >= 11 is 10.3. The minimum absolute atomic E-state index is 0.311. The van der Waals surface area contributed by atoms with Crippen LogP contribution in [0.25, 0.3) is 0 Å². The first-order valence-electron chi connectivity index (χ1n) is 4.67. The lowest BCUT2D eigenvalue weighted by Gasteiger charge is -2.35. The zero-order valence-corrected chi connectivity index (χ0v) is 11.3. The van der Waals surface area contributed by atoms with Gasteiger partial charge in [-0.2, -0.15) is 0 Å². The minimum Gasteiger partial charge on any atom is -0.264 e. The third-order valence-corrected chi connectivity index (χ3v) is 5.37. The summed E-state index contributed by atoms with van der Waals surface area (Å²) in [5.74, 6) is 0. The van der Waals surface area contributed by atoms with E-state index in [0.29, 0.717) is 0 Å². The molecule has 2 rings (SSSR count). The Morgan fingerprint density at radius 3 is 2.18 bits per heavy atom. The fourth-order valence-corrected chi connectivity index (χ4v) is 4.73. The number of rotatable bonds is 2. The van der Waals surface area contributed by atoms with Gasteiger partial charge in [-0.05, 0) is 0 Å². The van der Waals surface area contributed by atoms with Crippen LogP contribution in [0, 0.1) is 20.2 Å². The smallest absolute Gasteiger partial charge is 0.264 e. The van der Waals surface area contributed by atoms with Gasteiger partial charge in [0.15, 0.2) is 0 Å². The molecular weight excluding hydrogens is 340 g/mol. The van der Waals surface area contributed by atoms with Crippen LogP contribution in [-0.2, 0) is 0 Å². The van der Waals surface area contributed by atoms with Crippen molar-refractivity contribution in [3.8, 4) is 0 Å². The number of nitrogens with one attached hydrogen (secondary N) is 2. The van der Waals surface area contributed by atoms with E-state index in [1.165, 1.54) is 0 Å². The van der Waals surface area contributed by atoms with Gasteiger partial charge in [-0.1, -0.05) is 15.9 Å². The average molecular weight is 348 g/mol. The van der Waals surface area contributed by atoms with Gasteiger partial charge in [0.05, 0.1) is 12.1 Å². The third-order valence-electron chi connectivity index (χ3n) is 2.95. The molecule has 1 heterocycles. The van der Waals surface area contributed by atoms with Crippen LogP contribution in [0.4, 0.5) is 0 Å². The van der Waals surface area contributed by atoms with E-state index in [4.69, 9.17) is 11.6 Å². The summed E-state index contributed by atoms with van der Waals surface area (Å²) in [7, 11) is 0. The normalized spacial score (nSPS) is 45.3. The summed E-state index contributed by atoms with van der Waals surface area (Å²) < 4.78 is 5.83. The molecule has 1 aliphatic heterocycles. The molecule has 0 radical (unpaired) electrons. The molecule has 1 saturated carbocycles. The van der Waals surface area contributed by atoms with Crippen LogP contribution in [0.15, 0.2) is 0 Å². The van der Waals surface area contributed by atoms with E-state index in [-0.39, 0.29) is 12.1 Å². The highest BCUT2D eigenvalue weighted by molar-refractivity contribution is 9.09. The van der Waals surface area contributed by atoms with E-state index in [1.54, 1.807) is 0 Å². The molecule has 2 fully saturated rings. The van der Waals surface area contributed by atoms with Crippen molar-refractivity contribution in [3.05, 3.63) is 20.2 Å². The summed E-state index contributed by atoms with van der Waals surface area (Å²) in [6, 6.07) is -3.45. The molecule has 6 atom stereocenters. The Morgan fingerprint density at radius 1 is 1.12 bits per heavy atom. The first-order valence-corrected chi connectivity index (χ1v) is 6.84. The molecule has 0 spiro atoms. The fourth-order valence-electron chi connectivity index (χ4n) is 2.13. The number of halogens is 2. The molecule has 0 bridgehead atoms. The van der Waals surface area contributed by atoms with Gasteiger partial charge >= 0.3 is 0 Å². The average Bonchev–Trinajstić information content (AvgIpc) is 2.70. The highest BCUT2D eigenvalue weighted by Gasteiger charge is 2.62. The summed E-state index contributed by atoms with van der Waals surface area (Å²) in [4.78, 5) is 20.0. The van der Waals surface area contributed by atoms with Gasteiger partial charge in [0.1, 0.15) is 10.2 Å². The van der Waals surface area contributed by atoms with E-state index >= 15 is 0 Å². The standard InChI is InChI=1S/C6H8BrClN4O4S/c7-1-3-4(10-17-9-3)2(8)6(12(15)16)5(1)11(13)14/h1-6,9-10H. The molecule has 0 aromatic carbocycles. The lowest BCUT2D eigenvalue weighted by Crippen LogP contribution is -2.66. The molecule has 0 aromatic rings. The number of nitro groups is 2. The zero-order chi connectivity index (χ0) is 12.7. The van der Waals surface area contributed by atoms with Gasteiger partial charge in [0.25, 0.3) is 12.1 Å². The number of hydrogen-bond donors (Lipinski definition) is 2. The van der Waals surface area contributed by atoms with Crippen molar-refractivity contribution in [1.29, 1.82) is 0 Å². The van der Waals surface area contributed by atoms with Gasteiger partial charge in [0, 0.05) is 22.0 Å². The number of alkyl halides is 2. The van der Waals surface area contributed by atoms with Crippen LogP contribution in [-0.4, -0.2) is 44.2 Å². The third kappa shape index (κ3) is 2.12. The molecule has 17 heavy (non-hydrogen) atoms. The molecule has 0 amide bonds. The van der Waals surface area contributed by atoms with Gasteiger partial charge < -0.3 is 0 Å². The van der Waals surface area contributed by atoms with E-state index in [1.807, 2.05) is 0 Å². The lowest BCUT2D eigenvalue weighted by molar-refractivity contribution is -0.619. The largest absolute Gasteiger partial charge is 0.297 e. The van der Waals surface area contributed by atoms with Gasteiger partial charge in [-0.15, -0.1) is 11.6 Å². The van der Waals surface area contributed by atoms with Crippen LogP contribution in [0.2, 0.25) is 0 Å². The van der Waals surface area contributed by atoms with Crippen LogP contribution >= 0.6 is 39.7 Å². The molecule has 8 nitrogen and oxygen atoms in total. The molecule has 2 aliphatic rings. The van der Waals surface area contributed by atoms with Crippen molar-refractivity contribution in [2.24, 2.45) is 0 Å². The first kappa shape index (κ1) is 13.3. The van der Waals surface area contributed by atoms with Crippen molar-refractivity contribution in [2.75, 3.05) is 0 Å². The van der Waals surface area contributed by atoms with E-state index in [2.05, 4.69) is 25.4 Å². The maximum atomic E-state index is 11.0. The summed E-state index contributed by atoms with van der Waals surface area (Å²) in [5, 5.41) is 21.0. The SMILES string of the molecule is O=[N+]([O-])C1C(Cl)C2NSNC2C(Br)C1[N+](=O)[O-]. The Kier molecular flexibility index (Phi) is 3.78. The van der Waals surface area contributed by atoms with Crippen LogP contribution in [0.1, 0.15) is 0 Å². The predicted octanol–water partition coefficient (Wildman–Crippen LogP) is 0.155. The molecule has 96 valence electrons. The predicted molar refractivity (Wildman–Crippen MR) is 65.4 cm³/mol. The highest BCUT2D eigenvalue weighted by atomic mass is 79.9. The first-order chi connectivity index (χ1) is 7.95. The van der Waals surface area contributed by atoms with Crippen LogP contribution in [0.3, 0.4) is 0 Å². The number of hydrogen-bond acceptors (Lipinski definition) is 7. The fraction of sp³-hybridized carbons (Fsp3) is 1.00. The van der Waals surface area contributed by atoms with Gasteiger partial charge in [0.2, 0.25) is 0 Å². The van der Waals surface area contributed by atoms with Gasteiger partial charge in [-0.25, -0.2) is 9.44 Å². The van der Waals surface area contributed by atoms with Crippen molar-refractivity contribution in [2.45, 2.75) is 34.4 Å². The molecule has 1 aliphatic carbocycles. The zero-order valence-electron chi connectivity index (χ0n) is 8.16. The second-order valence-electron chi connectivity index (χ2n) is 3.83. The Hall–Kier alpha value is -0.160. The van der Waals surface area contributed by atoms with Gasteiger partial charge in [-0.3, -0.25) is 20.2 Å². The van der Waals surface area contributed by atoms with Crippen molar-refractivity contribution in [1.82, 2.24) is 9.44 Å². The Morgan fingerprint density at radius 2 is 1.65 bits per heavy atom. The van der Waals surface area contributed by atoms with Crippen molar-refractivity contribution >= 4 is 39.7 Å². The highest BCUT2D eigenvalue weighted by Crippen LogP contribution is 2.36. The van der Waals surface area contributed by atoms with E-state index < -0.39 is 32.1 Å². The van der Waals surface area contributed by atoms with E-state index in [0.717, 1.165) is 12.1 Å².